The minimum atomic E-state index is -0.274. The minimum Gasteiger partial charge on any atom is -0.294 e. The molecule has 0 radical (unpaired) electrons. The number of ketones is 1. The zero-order chi connectivity index (χ0) is 15.7. The second-order valence-corrected chi connectivity index (χ2v) is 5.85. The van der Waals surface area contributed by atoms with Crippen molar-refractivity contribution in [1.29, 1.82) is 0 Å². The molecule has 0 amide bonds. The predicted molar refractivity (Wildman–Crippen MR) is 86.1 cm³/mol. The molecule has 0 aliphatic carbocycles. The van der Waals surface area contributed by atoms with Crippen LogP contribution in [0.25, 0.3) is 6.20 Å². The van der Waals surface area contributed by atoms with Crippen LogP contribution in [-0.2, 0) is 12.8 Å². The van der Waals surface area contributed by atoms with E-state index in [0.717, 1.165) is 5.56 Å². The molecule has 1 aromatic heterocycles. The molecule has 0 spiro atoms. The van der Waals surface area contributed by atoms with Crippen LogP contribution in [0.1, 0.15) is 47.1 Å². The fourth-order valence-electron chi connectivity index (χ4n) is 2.61. The summed E-state index contributed by atoms with van der Waals surface area (Å²) in [5, 5.41) is 0. The third-order valence-electron chi connectivity index (χ3n) is 3.91. The summed E-state index contributed by atoms with van der Waals surface area (Å²) in [4.78, 5) is 29.0. The molecule has 0 atom stereocenters. The van der Waals surface area contributed by atoms with E-state index in [4.69, 9.17) is 0 Å². The molecule has 1 aliphatic rings. The lowest BCUT2D eigenvalue weighted by atomic mass is 9.98. The van der Waals surface area contributed by atoms with Gasteiger partial charge in [0.1, 0.15) is 11.4 Å². The largest absolute Gasteiger partial charge is 0.294 e. The van der Waals surface area contributed by atoms with E-state index in [0.29, 0.717) is 18.2 Å². The van der Waals surface area contributed by atoms with Crippen molar-refractivity contribution in [1.82, 2.24) is 9.55 Å². The van der Waals surface area contributed by atoms with Crippen molar-refractivity contribution < 1.29 is 4.79 Å². The predicted octanol–water partition coefficient (Wildman–Crippen LogP) is 2.82. The average Bonchev–Trinajstić information content (AvgIpc) is 2.97. The number of hydrogen-bond acceptors (Lipinski definition) is 3. The van der Waals surface area contributed by atoms with Crippen molar-refractivity contribution in [3.8, 4) is 0 Å². The van der Waals surface area contributed by atoms with Crippen LogP contribution in [0.4, 0.5) is 0 Å². The molecule has 4 heteroatoms. The molecule has 1 aromatic carbocycles. The highest BCUT2D eigenvalue weighted by Crippen LogP contribution is 2.16. The Bertz CT molecular complexity index is 816. The lowest BCUT2D eigenvalue weighted by Gasteiger charge is -2.08. The van der Waals surface area contributed by atoms with E-state index in [1.54, 1.807) is 6.20 Å². The van der Waals surface area contributed by atoms with Crippen LogP contribution in [0.2, 0.25) is 0 Å². The molecule has 2 heterocycles. The van der Waals surface area contributed by atoms with Gasteiger partial charge in [0.15, 0.2) is 5.78 Å². The van der Waals surface area contributed by atoms with E-state index >= 15 is 0 Å². The van der Waals surface area contributed by atoms with Crippen LogP contribution in [0.15, 0.2) is 41.3 Å². The van der Waals surface area contributed by atoms with Gasteiger partial charge in [-0.3, -0.25) is 14.2 Å². The van der Waals surface area contributed by atoms with Crippen LogP contribution in [0.5, 0.6) is 0 Å². The molecule has 22 heavy (non-hydrogen) atoms. The Morgan fingerprint density at radius 1 is 1.36 bits per heavy atom. The number of benzene rings is 1. The van der Waals surface area contributed by atoms with Crippen molar-refractivity contribution >= 4 is 12.0 Å². The highest BCUT2D eigenvalue weighted by atomic mass is 16.1. The second kappa shape index (κ2) is 5.72. The summed E-state index contributed by atoms with van der Waals surface area (Å²) in [6.07, 6.45) is 5.82. The van der Waals surface area contributed by atoms with E-state index in [2.05, 4.69) is 24.9 Å². The van der Waals surface area contributed by atoms with Crippen molar-refractivity contribution in [2.75, 3.05) is 0 Å². The number of carbonyl (C=O) groups excluding carboxylic acids is 1. The number of fused-ring (bicyclic) bond motifs is 1. The second-order valence-electron chi connectivity index (χ2n) is 5.85. The van der Waals surface area contributed by atoms with Crippen molar-refractivity contribution in [2.45, 2.75) is 32.6 Å². The van der Waals surface area contributed by atoms with Crippen molar-refractivity contribution in [2.24, 2.45) is 0 Å². The molecule has 0 saturated heterocycles. The molecule has 2 aromatic rings. The molecular formula is C18H18N2O2. The fraction of sp³-hybridized carbons (Fsp3) is 0.278. The Morgan fingerprint density at radius 3 is 2.95 bits per heavy atom. The van der Waals surface area contributed by atoms with Gasteiger partial charge in [0.2, 0.25) is 0 Å². The zero-order valence-corrected chi connectivity index (χ0v) is 12.7. The fourth-order valence-corrected chi connectivity index (χ4v) is 2.61. The van der Waals surface area contributed by atoms with Crippen molar-refractivity contribution in [3.63, 3.8) is 0 Å². The molecule has 0 N–H and O–H groups in total. The van der Waals surface area contributed by atoms with Gasteiger partial charge >= 0.3 is 0 Å². The molecule has 0 unspecified atom stereocenters. The molecule has 0 saturated carbocycles. The smallest absolute Gasteiger partial charge is 0.268 e. The first-order valence-corrected chi connectivity index (χ1v) is 7.45. The van der Waals surface area contributed by atoms with Gasteiger partial charge in [0.25, 0.3) is 5.56 Å². The van der Waals surface area contributed by atoms with Gasteiger partial charge in [0.05, 0.1) is 0 Å². The number of aromatic nitrogens is 2. The van der Waals surface area contributed by atoms with Crippen LogP contribution in [0, 0.1) is 0 Å². The number of allylic oxidation sites excluding steroid dienone is 1. The summed E-state index contributed by atoms with van der Waals surface area (Å²) in [6.45, 7) is 4.23. The van der Waals surface area contributed by atoms with E-state index in [9.17, 15) is 9.59 Å². The van der Waals surface area contributed by atoms with E-state index in [1.807, 2.05) is 24.3 Å². The SMILES string of the molecule is CC(C)c1cccc(CC(=O)c2cnc3n(c2=O)C=CC3)c1. The molecular weight excluding hydrogens is 276 g/mol. The van der Waals surface area contributed by atoms with E-state index < -0.39 is 0 Å². The summed E-state index contributed by atoms with van der Waals surface area (Å²) in [5.41, 5.74) is 2.00. The highest BCUT2D eigenvalue weighted by Gasteiger charge is 2.17. The molecule has 0 fully saturated rings. The summed E-state index contributed by atoms with van der Waals surface area (Å²) in [6, 6.07) is 7.95. The summed E-state index contributed by atoms with van der Waals surface area (Å²) in [5.74, 6) is 0.907. The van der Waals surface area contributed by atoms with Gasteiger partial charge in [-0.1, -0.05) is 44.2 Å². The van der Waals surface area contributed by atoms with Crippen LogP contribution >= 0.6 is 0 Å². The normalized spacial score (nSPS) is 12.7. The third kappa shape index (κ3) is 2.64. The standard InChI is InChI=1S/C18H18N2O2/c1-12(2)14-6-3-5-13(9-14)10-16(21)15-11-19-17-7-4-8-20(17)18(15)22/h3-6,8-9,11-12H,7,10H2,1-2H3. The molecule has 112 valence electrons. The summed E-state index contributed by atoms with van der Waals surface area (Å²) in [7, 11) is 0. The Hall–Kier alpha value is -2.49. The van der Waals surface area contributed by atoms with Gasteiger partial charge in [-0.15, -0.1) is 0 Å². The Balaban J connectivity index is 1.88. The number of Topliss-reactive ketones (excluding diaryl/α,β-unsaturated/α-hetero) is 1. The van der Waals surface area contributed by atoms with Gasteiger partial charge in [-0.25, -0.2) is 4.98 Å². The molecule has 0 bridgehead atoms. The lowest BCUT2D eigenvalue weighted by Crippen LogP contribution is -2.26. The summed E-state index contributed by atoms with van der Waals surface area (Å²) < 4.78 is 1.46. The number of hydrogen-bond donors (Lipinski definition) is 0. The van der Waals surface area contributed by atoms with Gasteiger partial charge in [-0.2, -0.15) is 0 Å². The van der Waals surface area contributed by atoms with E-state index in [1.165, 1.54) is 16.3 Å². The third-order valence-corrected chi connectivity index (χ3v) is 3.91. The van der Waals surface area contributed by atoms with E-state index in [-0.39, 0.29) is 23.3 Å². The topological polar surface area (TPSA) is 52.0 Å². The number of rotatable bonds is 4. The van der Waals surface area contributed by atoms with Crippen molar-refractivity contribution in [3.05, 3.63) is 69.4 Å². The van der Waals surface area contributed by atoms with Gasteiger partial charge in [0, 0.05) is 25.2 Å². The number of carbonyl (C=O) groups is 1. The molecule has 4 nitrogen and oxygen atoms in total. The maximum Gasteiger partial charge on any atom is 0.268 e. The monoisotopic (exact) mass is 294 g/mol. The first kappa shape index (κ1) is 14.4. The van der Waals surface area contributed by atoms with Crippen LogP contribution in [0.3, 0.4) is 0 Å². The Morgan fingerprint density at radius 2 is 2.18 bits per heavy atom. The lowest BCUT2D eigenvalue weighted by molar-refractivity contribution is 0.0991. The summed E-state index contributed by atoms with van der Waals surface area (Å²) >= 11 is 0. The first-order chi connectivity index (χ1) is 10.6. The Kier molecular flexibility index (Phi) is 3.75. The van der Waals surface area contributed by atoms with Gasteiger partial charge in [-0.05, 0) is 17.0 Å². The minimum absolute atomic E-state index is 0.158. The first-order valence-electron chi connectivity index (χ1n) is 7.45. The quantitative estimate of drug-likeness (QED) is 0.815. The van der Waals surface area contributed by atoms with Gasteiger partial charge < -0.3 is 0 Å². The highest BCUT2D eigenvalue weighted by molar-refractivity contribution is 5.97. The average molecular weight is 294 g/mol. The Labute approximate surface area is 129 Å². The maximum atomic E-state index is 12.4. The van der Waals surface area contributed by atoms with Crippen LogP contribution in [-0.4, -0.2) is 15.3 Å². The number of nitrogens with zero attached hydrogens (tertiary/aromatic N) is 2. The molecule has 1 aliphatic heterocycles. The zero-order valence-electron chi connectivity index (χ0n) is 12.7. The molecule has 3 rings (SSSR count). The van der Waals surface area contributed by atoms with Crippen LogP contribution < -0.4 is 5.56 Å². The maximum absolute atomic E-state index is 12.4.